The third-order valence-corrected chi connectivity index (χ3v) is 4.23. The van der Waals surface area contributed by atoms with Crippen molar-refractivity contribution >= 4 is 40.6 Å². The number of methoxy groups -OCH3 is 1. The molecule has 4 nitrogen and oxygen atoms in total. The second-order valence-corrected chi connectivity index (χ2v) is 6.25. The van der Waals surface area contributed by atoms with Crippen molar-refractivity contribution in [1.82, 2.24) is 0 Å². The van der Waals surface area contributed by atoms with E-state index in [0.29, 0.717) is 16.5 Å². The lowest BCUT2D eigenvalue weighted by molar-refractivity contribution is -0.116. The quantitative estimate of drug-likeness (QED) is 0.752. The van der Waals surface area contributed by atoms with Crippen LogP contribution in [0.5, 0.6) is 5.75 Å². The third-order valence-electron chi connectivity index (χ3n) is 3.27. The predicted octanol–water partition coefficient (Wildman–Crippen LogP) is 4.51. The lowest BCUT2D eigenvalue weighted by atomic mass is 10.2. The Morgan fingerprint density at radius 1 is 1.26 bits per heavy atom. The van der Waals surface area contributed by atoms with Gasteiger partial charge in [-0.1, -0.05) is 17.7 Å². The van der Waals surface area contributed by atoms with Crippen LogP contribution in [0.4, 0.5) is 11.4 Å². The van der Waals surface area contributed by atoms with Crippen LogP contribution in [-0.4, -0.2) is 25.3 Å². The van der Waals surface area contributed by atoms with E-state index in [0.717, 1.165) is 10.6 Å². The lowest BCUT2D eigenvalue weighted by Crippen LogP contribution is -2.32. The summed E-state index contributed by atoms with van der Waals surface area (Å²) in [6.07, 6.45) is 2.01. The molecule has 1 atom stereocenters. The molecule has 23 heavy (non-hydrogen) atoms. The molecule has 0 aromatic heterocycles. The molecule has 6 heteroatoms. The first kappa shape index (κ1) is 17.5. The van der Waals surface area contributed by atoms with Gasteiger partial charge in [-0.2, -0.15) is 0 Å². The Balaban J connectivity index is 2.06. The summed E-state index contributed by atoms with van der Waals surface area (Å²) >= 11 is 7.63. The van der Waals surface area contributed by atoms with Crippen LogP contribution in [0, 0.1) is 0 Å². The third kappa shape index (κ3) is 4.81. The van der Waals surface area contributed by atoms with Crippen LogP contribution in [0.1, 0.15) is 6.92 Å². The number of halogens is 1. The molecule has 0 unspecified atom stereocenters. The highest BCUT2D eigenvalue weighted by atomic mass is 35.5. The standard InChI is InChI=1S/C17H19ClN2O2S/c1-11(19-13-5-4-6-14(10-13)23-3)17(21)20-15-9-12(18)7-8-16(15)22-2/h4-11,19H,1-3H3,(H,20,21)/t11-/m1/s1. The van der Waals surface area contributed by atoms with E-state index in [4.69, 9.17) is 16.3 Å². The maximum atomic E-state index is 12.4. The maximum absolute atomic E-state index is 12.4. The van der Waals surface area contributed by atoms with Crippen molar-refractivity contribution in [2.24, 2.45) is 0 Å². The van der Waals surface area contributed by atoms with Crippen LogP contribution in [0.15, 0.2) is 47.4 Å². The summed E-state index contributed by atoms with van der Waals surface area (Å²) < 4.78 is 5.23. The van der Waals surface area contributed by atoms with E-state index in [1.807, 2.05) is 30.5 Å². The van der Waals surface area contributed by atoms with Crippen LogP contribution in [-0.2, 0) is 4.79 Å². The molecule has 0 aliphatic rings. The van der Waals surface area contributed by atoms with Gasteiger partial charge in [-0.25, -0.2) is 0 Å². The zero-order chi connectivity index (χ0) is 16.8. The number of carbonyl (C=O) groups is 1. The van der Waals surface area contributed by atoms with E-state index in [1.54, 1.807) is 44.0 Å². The van der Waals surface area contributed by atoms with E-state index in [9.17, 15) is 4.79 Å². The highest BCUT2D eigenvalue weighted by Gasteiger charge is 2.15. The Kier molecular flexibility index (Phi) is 6.19. The minimum atomic E-state index is -0.407. The molecule has 122 valence electrons. The topological polar surface area (TPSA) is 50.4 Å². The lowest BCUT2D eigenvalue weighted by Gasteiger charge is -2.17. The van der Waals surface area contributed by atoms with Crippen molar-refractivity contribution in [2.75, 3.05) is 24.0 Å². The van der Waals surface area contributed by atoms with Gasteiger partial charge in [0.25, 0.3) is 0 Å². The fraction of sp³-hybridized carbons (Fsp3) is 0.235. The van der Waals surface area contributed by atoms with Crippen molar-refractivity contribution in [3.63, 3.8) is 0 Å². The minimum Gasteiger partial charge on any atom is -0.495 e. The number of amides is 1. The second kappa shape index (κ2) is 8.13. The van der Waals surface area contributed by atoms with E-state index in [1.165, 1.54) is 0 Å². The molecular formula is C17H19ClN2O2S. The maximum Gasteiger partial charge on any atom is 0.246 e. The van der Waals surface area contributed by atoms with Crippen molar-refractivity contribution in [3.8, 4) is 5.75 Å². The summed E-state index contributed by atoms with van der Waals surface area (Å²) in [6, 6.07) is 12.6. The van der Waals surface area contributed by atoms with Gasteiger partial charge in [-0.05, 0) is 49.6 Å². The summed E-state index contributed by atoms with van der Waals surface area (Å²) in [5.41, 5.74) is 1.45. The summed E-state index contributed by atoms with van der Waals surface area (Å²) in [5, 5.41) is 6.56. The van der Waals surface area contributed by atoms with E-state index in [-0.39, 0.29) is 5.91 Å². The van der Waals surface area contributed by atoms with Gasteiger partial charge in [0.15, 0.2) is 0 Å². The predicted molar refractivity (Wildman–Crippen MR) is 97.9 cm³/mol. The molecule has 0 aliphatic carbocycles. The fourth-order valence-electron chi connectivity index (χ4n) is 2.05. The number of benzene rings is 2. The van der Waals surface area contributed by atoms with E-state index in [2.05, 4.69) is 10.6 Å². The fourth-order valence-corrected chi connectivity index (χ4v) is 2.68. The normalized spacial score (nSPS) is 11.7. The molecule has 2 aromatic rings. The Hall–Kier alpha value is -1.85. The number of rotatable bonds is 6. The van der Waals surface area contributed by atoms with Crippen LogP contribution in [0.3, 0.4) is 0 Å². The Morgan fingerprint density at radius 2 is 2.04 bits per heavy atom. The van der Waals surface area contributed by atoms with Crippen LogP contribution in [0.2, 0.25) is 5.02 Å². The van der Waals surface area contributed by atoms with Crippen LogP contribution >= 0.6 is 23.4 Å². The minimum absolute atomic E-state index is 0.167. The monoisotopic (exact) mass is 350 g/mol. The molecular weight excluding hydrogens is 332 g/mol. The molecule has 2 aromatic carbocycles. The van der Waals surface area contributed by atoms with Crippen molar-refractivity contribution in [3.05, 3.63) is 47.5 Å². The highest BCUT2D eigenvalue weighted by molar-refractivity contribution is 7.98. The summed E-state index contributed by atoms with van der Waals surface area (Å²) in [4.78, 5) is 13.5. The first-order chi connectivity index (χ1) is 11.0. The van der Waals surface area contributed by atoms with Gasteiger partial charge in [-0.3, -0.25) is 4.79 Å². The number of nitrogens with one attached hydrogen (secondary N) is 2. The van der Waals surface area contributed by atoms with Gasteiger partial charge >= 0.3 is 0 Å². The molecule has 0 fully saturated rings. The van der Waals surface area contributed by atoms with Crippen molar-refractivity contribution in [1.29, 1.82) is 0 Å². The van der Waals surface area contributed by atoms with Crippen molar-refractivity contribution in [2.45, 2.75) is 17.9 Å². The number of hydrogen-bond acceptors (Lipinski definition) is 4. The first-order valence-electron chi connectivity index (χ1n) is 7.08. The number of thioether (sulfide) groups is 1. The molecule has 0 radical (unpaired) electrons. The van der Waals surface area contributed by atoms with Gasteiger partial charge in [0.2, 0.25) is 5.91 Å². The van der Waals surface area contributed by atoms with Crippen LogP contribution in [0.25, 0.3) is 0 Å². The van der Waals surface area contributed by atoms with E-state index < -0.39 is 6.04 Å². The van der Waals surface area contributed by atoms with Gasteiger partial charge < -0.3 is 15.4 Å². The van der Waals surface area contributed by atoms with Gasteiger partial charge in [0, 0.05) is 15.6 Å². The molecule has 2 N–H and O–H groups in total. The zero-order valence-electron chi connectivity index (χ0n) is 13.2. The largest absolute Gasteiger partial charge is 0.495 e. The molecule has 0 aliphatic heterocycles. The SMILES string of the molecule is COc1ccc(Cl)cc1NC(=O)[C@@H](C)Nc1cccc(SC)c1. The van der Waals surface area contributed by atoms with Crippen LogP contribution < -0.4 is 15.4 Å². The van der Waals surface area contributed by atoms with Gasteiger partial charge in [0.05, 0.1) is 12.8 Å². The molecule has 1 amide bonds. The van der Waals surface area contributed by atoms with Gasteiger partial charge in [0.1, 0.15) is 11.8 Å². The van der Waals surface area contributed by atoms with E-state index >= 15 is 0 Å². The second-order valence-electron chi connectivity index (χ2n) is 4.93. The van der Waals surface area contributed by atoms with Crippen molar-refractivity contribution < 1.29 is 9.53 Å². The molecule has 0 saturated carbocycles. The smallest absolute Gasteiger partial charge is 0.246 e. The number of hydrogen-bond donors (Lipinski definition) is 2. The summed E-state index contributed by atoms with van der Waals surface area (Å²) in [7, 11) is 1.55. The zero-order valence-corrected chi connectivity index (χ0v) is 14.8. The first-order valence-corrected chi connectivity index (χ1v) is 8.68. The number of carbonyl (C=O) groups excluding carboxylic acids is 1. The molecule has 2 rings (SSSR count). The average Bonchev–Trinajstić information content (AvgIpc) is 2.55. The molecule has 0 heterocycles. The Labute approximate surface area is 145 Å². The molecule has 0 bridgehead atoms. The van der Waals surface area contributed by atoms with Gasteiger partial charge in [-0.15, -0.1) is 11.8 Å². The highest BCUT2D eigenvalue weighted by Crippen LogP contribution is 2.28. The summed E-state index contributed by atoms with van der Waals surface area (Å²) in [5.74, 6) is 0.402. The Bertz CT molecular complexity index is 694. The average molecular weight is 351 g/mol. The molecule has 0 spiro atoms. The number of anilines is 2. The summed E-state index contributed by atoms with van der Waals surface area (Å²) in [6.45, 7) is 1.80. The number of ether oxygens (including phenoxy) is 1. The Morgan fingerprint density at radius 3 is 2.74 bits per heavy atom. The molecule has 0 saturated heterocycles.